The number of hydrogen-bond acceptors (Lipinski definition) is 2. The first kappa shape index (κ1) is 12.5. The lowest BCUT2D eigenvalue weighted by Crippen LogP contribution is -2.27. The van der Waals surface area contributed by atoms with Crippen molar-refractivity contribution >= 4 is 38.9 Å². The average Bonchev–Trinajstić information content (AvgIpc) is 2.17. The highest BCUT2D eigenvalue weighted by atomic mass is 35.5. The fraction of sp³-hybridized carbons (Fsp3) is 0.250. The standard InChI is InChI=1S/C8H8Cl2FNO2S/c1-12(15(13,14)5-9)8-3-2-6(11)4-7(8)10/h2-4H,5H2,1H3. The van der Waals surface area contributed by atoms with Gasteiger partial charge >= 0.3 is 0 Å². The minimum absolute atomic E-state index is 0.0196. The van der Waals surface area contributed by atoms with Crippen LogP contribution in [0, 0.1) is 5.82 Å². The topological polar surface area (TPSA) is 37.4 Å². The minimum Gasteiger partial charge on any atom is -0.271 e. The van der Waals surface area contributed by atoms with Crippen LogP contribution >= 0.6 is 23.2 Å². The van der Waals surface area contributed by atoms with Crippen LogP contribution in [0.25, 0.3) is 0 Å². The van der Waals surface area contributed by atoms with Crippen LogP contribution in [0.5, 0.6) is 0 Å². The minimum atomic E-state index is -3.59. The first-order valence-electron chi connectivity index (χ1n) is 3.86. The number of benzene rings is 1. The molecule has 0 spiro atoms. The zero-order valence-corrected chi connectivity index (χ0v) is 10.1. The maximum atomic E-state index is 12.7. The van der Waals surface area contributed by atoms with Gasteiger partial charge in [-0.3, -0.25) is 4.31 Å². The predicted octanol–water partition coefficient (Wildman–Crippen LogP) is 2.44. The summed E-state index contributed by atoms with van der Waals surface area (Å²) in [7, 11) is -2.29. The Hall–Kier alpha value is -0.520. The Kier molecular flexibility index (Phi) is 3.81. The number of sulfonamides is 1. The van der Waals surface area contributed by atoms with E-state index in [1.54, 1.807) is 0 Å². The van der Waals surface area contributed by atoms with Gasteiger partial charge in [0.05, 0.1) is 10.7 Å². The van der Waals surface area contributed by atoms with Gasteiger partial charge in [-0.1, -0.05) is 11.6 Å². The molecule has 0 N–H and O–H groups in total. The molecule has 84 valence electrons. The first-order chi connectivity index (χ1) is 6.88. The average molecular weight is 272 g/mol. The van der Waals surface area contributed by atoms with Gasteiger partial charge in [0.25, 0.3) is 0 Å². The van der Waals surface area contributed by atoms with Gasteiger partial charge < -0.3 is 0 Å². The molecule has 3 nitrogen and oxygen atoms in total. The Bertz CT molecular complexity index is 464. The zero-order valence-electron chi connectivity index (χ0n) is 7.75. The van der Waals surface area contributed by atoms with E-state index in [-0.39, 0.29) is 10.7 Å². The van der Waals surface area contributed by atoms with Crippen molar-refractivity contribution in [2.45, 2.75) is 0 Å². The summed E-state index contributed by atoms with van der Waals surface area (Å²) in [6.07, 6.45) is 0. The van der Waals surface area contributed by atoms with Crippen LogP contribution in [0.15, 0.2) is 18.2 Å². The molecule has 0 aromatic heterocycles. The molecule has 0 unspecified atom stereocenters. The number of alkyl halides is 1. The number of hydrogen-bond donors (Lipinski definition) is 0. The van der Waals surface area contributed by atoms with Gasteiger partial charge in [0.2, 0.25) is 10.0 Å². The maximum absolute atomic E-state index is 12.7. The van der Waals surface area contributed by atoms with Crippen molar-refractivity contribution < 1.29 is 12.8 Å². The molecule has 0 amide bonds. The molecule has 0 bridgehead atoms. The molecule has 1 aromatic rings. The Balaban J connectivity index is 3.18. The summed E-state index contributed by atoms with van der Waals surface area (Å²) in [5.41, 5.74) is 0.193. The van der Waals surface area contributed by atoms with Gasteiger partial charge in [-0.15, -0.1) is 11.6 Å². The summed E-state index contributed by atoms with van der Waals surface area (Å²) in [4.78, 5) is 0. The number of nitrogens with zero attached hydrogens (tertiary/aromatic N) is 1. The lowest BCUT2D eigenvalue weighted by molar-refractivity contribution is 0.598. The molecule has 0 saturated heterocycles. The van der Waals surface area contributed by atoms with Crippen molar-refractivity contribution in [1.82, 2.24) is 0 Å². The van der Waals surface area contributed by atoms with Gasteiger partial charge in [-0.2, -0.15) is 0 Å². The van der Waals surface area contributed by atoms with E-state index in [0.29, 0.717) is 0 Å². The van der Waals surface area contributed by atoms with E-state index in [0.717, 1.165) is 16.4 Å². The van der Waals surface area contributed by atoms with Crippen LogP contribution in [-0.4, -0.2) is 20.7 Å². The van der Waals surface area contributed by atoms with Crippen molar-refractivity contribution in [3.8, 4) is 0 Å². The molecule has 0 aliphatic heterocycles. The first-order valence-corrected chi connectivity index (χ1v) is 6.38. The highest BCUT2D eigenvalue weighted by Gasteiger charge is 2.19. The molecule has 0 radical (unpaired) electrons. The molecule has 7 heteroatoms. The van der Waals surface area contributed by atoms with Crippen molar-refractivity contribution in [2.24, 2.45) is 0 Å². The fourth-order valence-corrected chi connectivity index (χ4v) is 2.35. The van der Waals surface area contributed by atoms with E-state index in [2.05, 4.69) is 0 Å². The van der Waals surface area contributed by atoms with E-state index in [9.17, 15) is 12.8 Å². The Morgan fingerprint density at radius 2 is 2.07 bits per heavy atom. The molecule has 0 fully saturated rings. The Labute approximate surface area is 97.5 Å². The second kappa shape index (κ2) is 4.55. The molecule has 15 heavy (non-hydrogen) atoms. The lowest BCUT2D eigenvalue weighted by Gasteiger charge is -2.18. The molecule has 0 heterocycles. The van der Waals surface area contributed by atoms with E-state index < -0.39 is 21.1 Å². The Morgan fingerprint density at radius 1 is 1.47 bits per heavy atom. The van der Waals surface area contributed by atoms with Crippen LogP contribution in [0.4, 0.5) is 10.1 Å². The van der Waals surface area contributed by atoms with Crippen LogP contribution in [0.3, 0.4) is 0 Å². The molecule has 1 aromatic carbocycles. The zero-order chi connectivity index (χ0) is 11.6. The van der Waals surface area contributed by atoms with Crippen molar-refractivity contribution in [3.05, 3.63) is 29.0 Å². The van der Waals surface area contributed by atoms with Crippen LogP contribution in [-0.2, 0) is 10.0 Å². The second-order valence-electron chi connectivity index (χ2n) is 2.78. The summed E-state index contributed by atoms with van der Waals surface area (Å²) in [5, 5.41) is -0.539. The Morgan fingerprint density at radius 3 is 2.53 bits per heavy atom. The van der Waals surface area contributed by atoms with E-state index in [4.69, 9.17) is 23.2 Å². The highest BCUT2D eigenvalue weighted by Crippen LogP contribution is 2.27. The molecular formula is C8H8Cl2FNO2S. The molecule has 0 aliphatic rings. The summed E-state index contributed by atoms with van der Waals surface area (Å²) in [6.45, 7) is 0. The quantitative estimate of drug-likeness (QED) is 0.792. The fourth-order valence-electron chi connectivity index (χ4n) is 0.960. The largest absolute Gasteiger partial charge is 0.271 e. The van der Waals surface area contributed by atoms with Gasteiger partial charge in [-0.05, 0) is 18.2 Å². The van der Waals surface area contributed by atoms with Gasteiger partial charge in [-0.25, -0.2) is 12.8 Å². The second-order valence-corrected chi connectivity index (χ2v) is 5.78. The van der Waals surface area contributed by atoms with Gasteiger partial charge in [0.1, 0.15) is 11.0 Å². The molecule has 0 saturated carbocycles. The molecule has 0 aliphatic carbocycles. The number of anilines is 1. The van der Waals surface area contributed by atoms with E-state index in [1.165, 1.54) is 13.1 Å². The molecule has 1 rings (SSSR count). The monoisotopic (exact) mass is 271 g/mol. The van der Waals surface area contributed by atoms with E-state index >= 15 is 0 Å². The third-order valence-electron chi connectivity index (χ3n) is 1.80. The van der Waals surface area contributed by atoms with Crippen molar-refractivity contribution in [1.29, 1.82) is 0 Å². The van der Waals surface area contributed by atoms with E-state index in [1.807, 2.05) is 0 Å². The van der Waals surface area contributed by atoms with Crippen molar-refractivity contribution in [2.75, 3.05) is 16.6 Å². The summed E-state index contributed by atoms with van der Waals surface area (Å²) >= 11 is 11.0. The smallest absolute Gasteiger partial charge is 0.249 e. The molecule has 0 atom stereocenters. The third kappa shape index (κ3) is 2.74. The normalized spacial score (nSPS) is 11.5. The lowest BCUT2D eigenvalue weighted by atomic mass is 10.3. The molecular weight excluding hydrogens is 264 g/mol. The van der Waals surface area contributed by atoms with Crippen LogP contribution in [0.2, 0.25) is 5.02 Å². The van der Waals surface area contributed by atoms with Gasteiger partial charge in [0, 0.05) is 7.05 Å². The van der Waals surface area contributed by atoms with Crippen molar-refractivity contribution in [3.63, 3.8) is 0 Å². The SMILES string of the molecule is CN(c1ccc(F)cc1Cl)S(=O)(=O)CCl. The number of rotatable bonds is 3. The summed E-state index contributed by atoms with van der Waals surface area (Å²) < 4.78 is 36.4. The van der Waals surface area contributed by atoms with Gasteiger partial charge in [0.15, 0.2) is 0 Å². The predicted molar refractivity (Wildman–Crippen MR) is 59.5 cm³/mol. The summed E-state index contributed by atoms with van der Waals surface area (Å²) in [6, 6.07) is 3.44. The summed E-state index contributed by atoms with van der Waals surface area (Å²) in [5.74, 6) is -0.527. The highest BCUT2D eigenvalue weighted by molar-refractivity contribution is 7.93. The van der Waals surface area contributed by atoms with Crippen LogP contribution in [0.1, 0.15) is 0 Å². The third-order valence-corrected chi connectivity index (χ3v) is 4.24. The number of halogens is 3. The maximum Gasteiger partial charge on any atom is 0.249 e. The van der Waals surface area contributed by atoms with Crippen LogP contribution < -0.4 is 4.31 Å².